The Bertz CT molecular complexity index is 1280. The molecule has 0 radical (unpaired) electrons. The van der Waals surface area contributed by atoms with Crippen molar-refractivity contribution in [2.24, 2.45) is 0 Å². The molecule has 5 rings (SSSR count). The Kier molecular flexibility index (Phi) is 9.72. The number of unbranched alkanes of at least 4 members (excludes halogenated alkanes) is 4. The van der Waals surface area contributed by atoms with E-state index in [-0.39, 0.29) is 0 Å². The lowest BCUT2D eigenvalue weighted by Crippen LogP contribution is -1.97. The molecule has 6 heteroatoms. The van der Waals surface area contributed by atoms with Crippen molar-refractivity contribution < 1.29 is 9.47 Å². The first-order valence-electron chi connectivity index (χ1n) is 13.7. The molecule has 0 aliphatic rings. The second kappa shape index (κ2) is 13.2. The maximum absolute atomic E-state index is 5.72. The molecule has 5 aromatic rings. The number of hydrogen-bond donors (Lipinski definition) is 0. The first kappa shape index (κ1) is 26.6. The predicted molar refractivity (Wildman–Crippen MR) is 165 cm³/mol. The van der Waals surface area contributed by atoms with E-state index in [0.29, 0.717) is 0 Å². The first-order chi connectivity index (χ1) is 17.8. The normalized spacial score (nSPS) is 12.3. The van der Waals surface area contributed by atoms with Crippen molar-refractivity contribution in [2.75, 3.05) is 26.4 Å². The van der Waals surface area contributed by atoms with Crippen molar-refractivity contribution in [2.45, 2.75) is 78.1 Å². The number of benzene rings is 1. The summed E-state index contributed by atoms with van der Waals surface area (Å²) in [6.07, 6.45) is 11.9. The van der Waals surface area contributed by atoms with Gasteiger partial charge in [-0.2, -0.15) is 0 Å². The van der Waals surface area contributed by atoms with Crippen molar-refractivity contribution in [3.63, 3.8) is 0 Å². The van der Waals surface area contributed by atoms with Gasteiger partial charge in [0.15, 0.2) is 0 Å². The minimum absolute atomic E-state index is 0.908. The van der Waals surface area contributed by atoms with Gasteiger partial charge in [0.1, 0.15) is 0 Å². The van der Waals surface area contributed by atoms with Crippen LogP contribution in [0.4, 0.5) is 0 Å². The van der Waals surface area contributed by atoms with Crippen LogP contribution in [0.3, 0.4) is 0 Å². The minimum atomic E-state index is 0.908. The number of thiophene rings is 4. The van der Waals surface area contributed by atoms with Crippen LogP contribution in [0.1, 0.15) is 75.0 Å². The fraction of sp³-hybridized carbons (Fsp3) is 0.533. The number of ether oxygens (including phenoxy) is 2. The average molecular weight is 559 g/mol. The summed E-state index contributed by atoms with van der Waals surface area (Å²) in [5, 5.41) is 2.91. The van der Waals surface area contributed by atoms with Gasteiger partial charge < -0.3 is 9.47 Å². The molecule has 2 nitrogen and oxygen atoms in total. The summed E-state index contributed by atoms with van der Waals surface area (Å²) in [6.45, 7) is 8.08. The van der Waals surface area contributed by atoms with Gasteiger partial charge in [0.2, 0.25) is 0 Å². The van der Waals surface area contributed by atoms with Gasteiger partial charge in [-0.1, -0.05) is 26.7 Å². The van der Waals surface area contributed by atoms with Crippen LogP contribution in [0.2, 0.25) is 0 Å². The van der Waals surface area contributed by atoms with E-state index in [1.165, 1.54) is 100 Å². The van der Waals surface area contributed by atoms with E-state index < -0.39 is 0 Å². The predicted octanol–water partition coefficient (Wildman–Crippen LogP) is 10.8. The van der Waals surface area contributed by atoms with E-state index in [1.807, 2.05) is 45.3 Å². The molecule has 0 atom stereocenters. The highest BCUT2D eigenvalue weighted by Crippen LogP contribution is 2.46. The Morgan fingerprint density at radius 2 is 0.944 bits per heavy atom. The van der Waals surface area contributed by atoms with Crippen LogP contribution < -0.4 is 0 Å². The zero-order valence-electron chi connectivity index (χ0n) is 21.7. The third kappa shape index (κ3) is 6.33. The maximum Gasteiger partial charge on any atom is 0.0532 e. The monoisotopic (exact) mass is 558 g/mol. The summed E-state index contributed by atoms with van der Waals surface area (Å²) >= 11 is 7.97. The maximum atomic E-state index is 5.72. The molecule has 4 heterocycles. The van der Waals surface area contributed by atoms with E-state index in [1.54, 1.807) is 0 Å². The van der Waals surface area contributed by atoms with Crippen LogP contribution in [-0.2, 0) is 22.3 Å². The van der Waals surface area contributed by atoms with Crippen LogP contribution in [-0.4, -0.2) is 26.4 Å². The lowest BCUT2D eigenvalue weighted by atomic mass is 10.2. The SMILES string of the molecule is CCCCOCCCCc1cc2sc3cc4c(cc3c2s1)sc1cc(CCCCOCCCC)sc14. The highest BCUT2D eigenvalue weighted by atomic mass is 32.1. The van der Waals surface area contributed by atoms with Gasteiger partial charge in [0, 0.05) is 65.8 Å². The molecule has 0 spiro atoms. The molecule has 1 aromatic carbocycles. The molecular weight excluding hydrogens is 521 g/mol. The van der Waals surface area contributed by atoms with Gasteiger partial charge in [-0.05, 0) is 75.6 Å². The molecule has 0 fully saturated rings. The van der Waals surface area contributed by atoms with E-state index in [2.05, 4.69) is 38.1 Å². The lowest BCUT2D eigenvalue weighted by Gasteiger charge is -2.02. The number of hydrogen-bond acceptors (Lipinski definition) is 6. The summed E-state index contributed by atoms with van der Waals surface area (Å²) in [5.74, 6) is 0. The Labute approximate surface area is 231 Å². The van der Waals surface area contributed by atoms with Crippen LogP contribution in [0.15, 0.2) is 24.3 Å². The van der Waals surface area contributed by atoms with E-state index in [4.69, 9.17) is 9.47 Å². The largest absolute Gasteiger partial charge is 0.381 e. The van der Waals surface area contributed by atoms with Crippen molar-refractivity contribution in [1.29, 1.82) is 0 Å². The van der Waals surface area contributed by atoms with Gasteiger partial charge in [0.25, 0.3) is 0 Å². The molecule has 0 bridgehead atoms. The smallest absolute Gasteiger partial charge is 0.0532 e. The lowest BCUT2D eigenvalue weighted by molar-refractivity contribution is 0.127. The Morgan fingerprint density at radius 3 is 1.39 bits per heavy atom. The Morgan fingerprint density at radius 1 is 0.500 bits per heavy atom. The summed E-state index contributed by atoms with van der Waals surface area (Å²) in [7, 11) is 0. The standard InChI is InChI=1S/C30H38O2S4/c1-3-5-13-31-15-9-7-11-21-17-27-29(33-21)23-19-26-24(20-25(23)35-27)30-28(36-26)18-22(34-30)12-8-10-16-32-14-6-4-2/h17-20H,3-16H2,1-2H3. The van der Waals surface area contributed by atoms with Gasteiger partial charge in [-0.15, -0.1) is 45.3 Å². The summed E-state index contributed by atoms with van der Waals surface area (Å²) in [5.41, 5.74) is 0. The zero-order valence-corrected chi connectivity index (χ0v) is 24.9. The fourth-order valence-electron chi connectivity index (χ4n) is 4.64. The van der Waals surface area contributed by atoms with E-state index >= 15 is 0 Å². The molecule has 36 heavy (non-hydrogen) atoms. The van der Waals surface area contributed by atoms with E-state index in [0.717, 1.165) is 39.3 Å². The zero-order chi connectivity index (χ0) is 24.7. The van der Waals surface area contributed by atoms with Crippen molar-refractivity contribution >= 4 is 84.3 Å². The fourth-order valence-corrected chi connectivity index (χ4v) is 9.85. The molecule has 0 amide bonds. The average Bonchev–Trinajstić information content (AvgIpc) is 3.61. The third-order valence-electron chi connectivity index (χ3n) is 6.72. The van der Waals surface area contributed by atoms with Crippen LogP contribution >= 0.6 is 45.3 Å². The van der Waals surface area contributed by atoms with E-state index in [9.17, 15) is 0 Å². The van der Waals surface area contributed by atoms with Gasteiger partial charge in [-0.25, -0.2) is 0 Å². The molecular formula is C30H38O2S4. The highest BCUT2D eigenvalue weighted by molar-refractivity contribution is 7.34. The molecule has 0 N–H and O–H groups in total. The summed E-state index contributed by atoms with van der Waals surface area (Å²) in [6, 6.07) is 9.83. The number of rotatable bonds is 16. The van der Waals surface area contributed by atoms with Gasteiger partial charge in [-0.3, -0.25) is 0 Å². The molecule has 0 saturated carbocycles. The van der Waals surface area contributed by atoms with Gasteiger partial charge >= 0.3 is 0 Å². The second-order valence-corrected chi connectivity index (χ2v) is 14.1. The molecule has 0 aliphatic carbocycles. The van der Waals surface area contributed by atoms with Crippen LogP contribution in [0.25, 0.3) is 39.0 Å². The molecule has 4 aromatic heterocycles. The number of aryl methyl sites for hydroxylation is 2. The summed E-state index contributed by atoms with van der Waals surface area (Å²) in [4.78, 5) is 3.05. The third-order valence-corrected chi connectivity index (χ3v) is 11.6. The Balaban J connectivity index is 1.22. The number of fused-ring (bicyclic) bond motifs is 6. The van der Waals surface area contributed by atoms with Crippen LogP contribution in [0, 0.1) is 0 Å². The Hall–Kier alpha value is -1.02. The van der Waals surface area contributed by atoms with Crippen molar-refractivity contribution in [1.82, 2.24) is 0 Å². The second-order valence-electron chi connectivity index (χ2n) is 9.71. The summed E-state index contributed by atoms with van der Waals surface area (Å²) < 4.78 is 20.2. The highest BCUT2D eigenvalue weighted by Gasteiger charge is 2.15. The minimum Gasteiger partial charge on any atom is -0.381 e. The quantitative estimate of drug-likeness (QED) is 0.112. The van der Waals surface area contributed by atoms with Gasteiger partial charge in [0.05, 0.1) is 9.40 Å². The molecule has 194 valence electrons. The first-order valence-corrected chi connectivity index (χ1v) is 17.0. The van der Waals surface area contributed by atoms with Crippen LogP contribution in [0.5, 0.6) is 0 Å². The molecule has 0 saturated heterocycles. The van der Waals surface area contributed by atoms with Crippen molar-refractivity contribution in [3.05, 3.63) is 34.0 Å². The topological polar surface area (TPSA) is 18.5 Å². The molecule has 0 unspecified atom stereocenters. The molecule has 0 aliphatic heterocycles. The van der Waals surface area contributed by atoms with Crippen molar-refractivity contribution in [3.8, 4) is 0 Å².